The summed E-state index contributed by atoms with van der Waals surface area (Å²) in [5, 5.41) is 3.71. The average Bonchev–Trinajstić information content (AvgIpc) is 2.53. The van der Waals surface area contributed by atoms with Gasteiger partial charge >= 0.3 is 0 Å². The van der Waals surface area contributed by atoms with Crippen molar-refractivity contribution in [3.8, 4) is 0 Å². The highest BCUT2D eigenvalue weighted by Gasteiger charge is 2.15. The Morgan fingerprint density at radius 3 is 2.18 bits per heavy atom. The van der Waals surface area contributed by atoms with Crippen LogP contribution in [0.15, 0.2) is 4.42 Å². The van der Waals surface area contributed by atoms with E-state index in [2.05, 4.69) is 26.1 Å². The molecule has 0 amide bonds. The van der Waals surface area contributed by atoms with Crippen LogP contribution in [0.4, 0.5) is 0 Å². The predicted octanol–water partition coefficient (Wildman–Crippen LogP) is 4.02. The molecular weight excluding hydrogens is 210 g/mol. The van der Waals surface area contributed by atoms with Crippen LogP contribution in [0, 0.1) is 20.8 Å². The topological polar surface area (TPSA) is 25.2 Å². The van der Waals surface area contributed by atoms with E-state index < -0.39 is 0 Å². The van der Waals surface area contributed by atoms with Gasteiger partial charge in [0, 0.05) is 18.2 Å². The molecule has 17 heavy (non-hydrogen) atoms. The molecule has 1 aliphatic rings. The minimum Gasteiger partial charge on any atom is -0.466 e. The molecule has 2 heteroatoms. The smallest absolute Gasteiger partial charge is 0.105 e. The third-order valence-corrected chi connectivity index (χ3v) is 4.13. The van der Waals surface area contributed by atoms with Crippen LogP contribution in [-0.2, 0) is 6.54 Å². The lowest BCUT2D eigenvalue weighted by atomic mass is 10.1. The van der Waals surface area contributed by atoms with E-state index in [1.165, 1.54) is 49.7 Å². The zero-order chi connectivity index (χ0) is 12.3. The molecule has 0 unspecified atom stereocenters. The fourth-order valence-electron chi connectivity index (χ4n) is 2.83. The molecule has 0 aliphatic heterocycles. The summed E-state index contributed by atoms with van der Waals surface area (Å²) in [6.07, 6.45) is 8.30. The lowest BCUT2D eigenvalue weighted by Crippen LogP contribution is -2.28. The van der Waals surface area contributed by atoms with Crippen molar-refractivity contribution >= 4 is 0 Å². The molecule has 1 aromatic rings. The molecule has 1 heterocycles. The molecule has 0 spiro atoms. The second kappa shape index (κ2) is 5.72. The minimum atomic E-state index is 0.714. The van der Waals surface area contributed by atoms with E-state index in [0.29, 0.717) is 6.04 Å². The fraction of sp³-hybridized carbons (Fsp3) is 0.733. The first-order valence-electron chi connectivity index (χ1n) is 6.97. The quantitative estimate of drug-likeness (QED) is 0.801. The summed E-state index contributed by atoms with van der Waals surface area (Å²) >= 11 is 0. The number of aryl methyl sites for hydroxylation is 2. The molecule has 0 radical (unpaired) electrons. The molecule has 1 N–H and O–H groups in total. The van der Waals surface area contributed by atoms with E-state index in [0.717, 1.165) is 18.1 Å². The molecule has 1 fully saturated rings. The molecule has 0 atom stereocenters. The molecule has 0 saturated heterocycles. The van der Waals surface area contributed by atoms with Crippen LogP contribution in [0.3, 0.4) is 0 Å². The van der Waals surface area contributed by atoms with E-state index in [9.17, 15) is 0 Å². The monoisotopic (exact) mass is 235 g/mol. The summed E-state index contributed by atoms with van der Waals surface area (Å²) in [5.41, 5.74) is 2.69. The Labute approximate surface area is 105 Å². The van der Waals surface area contributed by atoms with Crippen molar-refractivity contribution in [3.63, 3.8) is 0 Å². The van der Waals surface area contributed by atoms with E-state index in [4.69, 9.17) is 4.42 Å². The van der Waals surface area contributed by atoms with E-state index >= 15 is 0 Å². The number of rotatable bonds is 3. The summed E-state index contributed by atoms with van der Waals surface area (Å²) < 4.78 is 5.67. The first-order valence-corrected chi connectivity index (χ1v) is 6.97. The lowest BCUT2D eigenvalue weighted by Gasteiger charge is -2.16. The van der Waals surface area contributed by atoms with Crippen molar-refractivity contribution in [2.45, 2.75) is 71.9 Å². The van der Waals surface area contributed by atoms with Crippen molar-refractivity contribution in [2.24, 2.45) is 0 Å². The Morgan fingerprint density at radius 2 is 1.65 bits per heavy atom. The van der Waals surface area contributed by atoms with Crippen molar-refractivity contribution < 1.29 is 4.42 Å². The van der Waals surface area contributed by atoms with Crippen LogP contribution in [0.2, 0.25) is 0 Å². The molecule has 1 saturated carbocycles. The second-order valence-electron chi connectivity index (χ2n) is 5.39. The highest BCUT2D eigenvalue weighted by molar-refractivity contribution is 5.31. The first kappa shape index (κ1) is 12.7. The summed E-state index contributed by atoms with van der Waals surface area (Å²) in [6, 6.07) is 0.714. The molecule has 1 aromatic heterocycles. The largest absolute Gasteiger partial charge is 0.466 e. The normalized spacial score (nSPS) is 18.3. The summed E-state index contributed by atoms with van der Waals surface area (Å²) in [4.78, 5) is 0. The molecule has 2 rings (SSSR count). The van der Waals surface area contributed by atoms with Crippen LogP contribution < -0.4 is 5.32 Å². The van der Waals surface area contributed by atoms with Gasteiger partial charge in [0.15, 0.2) is 0 Å². The van der Waals surface area contributed by atoms with Crippen molar-refractivity contribution in [1.82, 2.24) is 5.32 Å². The number of hydrogen-bond donors (Lipinski definition) is 1. The first-order chi connectivity index (χ1) is 8.18. The second-order valence-corrected chi connectivity index (χ2v) is 5.39. The van der Waals surface area contributed by atoms with Gasteiger partial charge in [-0.05, 0) is 39.2 Å². The molecule has 96 valence electrons. The maximum Gasteiger partial charge on any atom is 0.105 e. The molecule has 2 nitrogen and oxygen atoms in total. The standard InChI is InChI=1S/C15H25NO/c1-11-12(2)17-13(3)15(11)10-16-14-8-6-4-5-7-9-14/h14,16H,4-10H2,1-3H3. The highest BCUT2D eigenvalue weighted by atomic mass is 16.3. The molecule has 0 aromatic carbocycles. The van der Waals surface area contributed by atoms with Crippen molar-refractivity contribution in [1.29, 1.82) is 0 Å². The molecular formula is C15H25NO. The maximum atomic E-state index is 5.67. The Hall–Kier alpha value is -0.760. The van der Waals surface area contributed by atoms with Gasteiger partial charge in [-0.15, -0.1) is 0 Å². The van der Waals surface area contributed by atoms with Crippen LogP contribution in [0.25, 0.3) is 0 Å². The van der Waals surface area contributed by atoms with Gasteiger partial charge in [-0.2, -0.15) is 0 Å². The fourth-order valence-corrected chi connectivity index (χ4v) is 2.83. The lowest BCUT2D eigenvalue weighted by molar-refractivity contribution is 0.452. The van der Waals surface area contributed by atoms with Gasteiger partial charge in [0.1, 0.15) is 11.5 Å². The SMILES string of the molecule is Cc1oc(C)c(CNC2CCCCCC2)c1C. The van der Waals surface area contributed by atoms with Gasteiger partial charge in [-0.1, -0.05) is 25.7 Å². The maximum absolute atomic E-state index is 5.67. The van der Waals surface area contributed by atoms with Gasteiger partial charge in [-0.25, -0.2) is 0 Å². The number of hydrogen-bond acceptors (Lipinski definition) is 2. The van der Waals surface area contributed by atoms with Crippen LogP contribution in [0.5, 0.6) is 0 Å². The summed E-state index contributed by atoms with van der Waals surface area (Å²) in [5.74, 6) is 2.15. The molecule has 1 aliphatic carbocycles. The zero-order valence-corrected chi connectivity index (χ0v) is 11.4. The third kappa shape index (κ3) is 3.12. The van der Waals surface area contributed by atoms with E-state index in [1.54, 1.807) is 0 Å². The average molecular weight is 235 g/mol. The van der Waals surface area contributed by atoms with Crippen LogP contribution in [0.1, 0.15) is 61.2 Å². The zero-order valence-electron chi connectivity index (χ0n) is 11.4. The van der Waals surface area contributed by atoms with Crippen LogP contribution in [-0.4, -0.2) is 6.04 Å². The van der Waals surface area contributed by atoms with Gasteiger partial charge in [-0.3, -0.25) is 0 Å². The van der Waals surface area contributed by atoms with Gasteiger partial charge in [0.2, 0.25) is 0 Å². The number of nitrogens with one attached hydrogen (secondary N) is 1. The van der Waals surface area contributed by atoms with Gasteiger partial charge in [0.25, 0.3) is 0 Å². The van der Waals surface area contributed by atoms with Gasteiger partial charge < -0.3 is 9.73 Å². The highest BCUT2D eigenvalue weighted by Crippen LogP contribution is 2.22. The molecule has 0 bridgehead atoms. The van der Waals surface area contributed by atoms with E-state index in [1.807, 2.05) is 0 Å². The Morgan fingerprint density at radius 1 is 1.00 bits per heavy atom. The third-order valence-electron chi connectivity index (χ3n) is 4.13. The minimum absolute atomic E-state index is 0.714. The summed E-state index contributed by atoms with van der Waals surface area (Å²) in [6.45, 7) is 7.26. The Bertz CT molecular complexity index is 359. The Balaban J connectivity index is 1.92. The predicted molar refractivity (Wildman–Crippen MR) is 71.2 cm³/mol. The van der Waals surface area contributed by atoms with Crippen LogP contribution >= 0.6 is 0 Å². The van der Waals surface area contributed by atoms with Crippen molar-refractivity contribution in [3.05, 3.63) is 22.6 Å². The van der Waals surface area contributed by atoms with Gasteiger partial charge in [0.05, 0.1) is 0 Å². The Kier molecular flexibility index (Phi) is 4.27. The number of furan rings is 1. The summed E-state index contributed by atoms with van der Waals surface area (Å²) in [7, 11) is 0. The van der Waals surface area contributed by atoms with E-state index in [-0.39, 0.29) is 0 Å². The van der Waals surface area contributed by atoms with Crippen molar-refractivity contribution in [2.75, 3.05) is 0 Å².